The molecule has 0 radical (unpaired) electrons. The first kappa shape index (κ1) is 27.4. The molecular formula is C27H20ClN5O7. The Morgan fingerprint density at radius 1 is 0.750 bits per heavy atom. The number of carboxylic acids is 1. The van der Waals surface area contributed by atoms with E-state index in [0.717, 1.165) is 18.2 Å². The molecule has 4 aromatic rings. The quantitative estimate of drug-likeness (QED) is 0.157. The van der Waals surface area contributed by atoms with E-state index < -0.39 is 34.4 Å². The molecule has 4 aromatic carbocycles. The van der Waals surface area contributed by atoms with Crippen molar-refractivity contribution in [2.45, 2.75) is 0 Å². The lowest BCUT2D eigenvalue weighted by Crippen LogP contribution is -2.54. The van der Waals surface area contributed by atoms with Gasteiger partial charge in [0.2, 0.25) is 0 Å². The summed E-state index contributed by atoms with van der Waals surface area (Å²) < 4.78 is 0. The number of urea groups is 2. The molecule has 0 atom stereocenters. The summed E-state index contributed by atoms with van der Waals surface area (Å²) in [6.07, 6.45) is 0. The van der Waals surface area contributed by atoms with E-state index >= 15 is 0 Å². The number of carboxylic acid groups (broad SMARTS) is 1. The van der Waals surface area contributed by atoms with Crippen LogP contribution in [0, 0.1) is 10.1 Å². The number of para-hydroxylation sites is 2. The monoisotopic (exact) mass is 561 g/mol. The van der Waals surface area contributed by atoms with Crippen LogP contribution in [0.5, 0.6) is 5.75 Å². The number of amides is 4. The van der Waals surface area contributed by atoms with Gasteiger partial charge in [0.25, 0.3) is 5.69 Å². The maximum atomic E-state index is 13.8. The molecule has 0 fully saturated rings. The van der Waals surface area contributed by atoms with Crippen LogP contribution in [-0.2, 0) is 0 Å². The molecule has 4 amide bonds. The standard InChI is InChI=1S/C27H20ClN5O7/c28-17-10-12-19(13-11-17)30-26(37)31(22-9-5-4-8-21(22)25(35)36)32(27(38)29-18-6-2-1-3-7-18)23-15-14-20(33(39)40)16-24(23)34/h1-16,34H,(H,29,38)(H,30,37)(H,35,36). The molecule has 0 heterocycles. The van der Waals surface area contributed by atoms with Gasteiger partial charge < -0.3 is 20.8 Å². The van der Waals surface area contributed by atoms with Crippen LogP contribution in [0.15, 0.2) is 97.1 Å². The molecule has 12 nitrogen and oxygen atoms in total. The molecule has 4 rings (SSSR count). The molecule has 0 aliphatic carbocycles. The average molecular weight is 562 g/mol. The number of hydrogen-bond acceptors (Lipinski definition) is 6. The number of hydrazine groups is 1. The molecule has 0 unspecified atom stereocenters. The fraction of sp³-hybridized carbons (Fsp3) is 0. The SMILES string of the molecule is O=C(O)c1ccccc1N(C(=O)Nc1ccc(Cl)cc1)N(C(=O)Nc1ccccc1)c1ccc([N+](=O)[O-])cc1O. The number of phenols is 1. The van der Waals surface area contributed by atoms with E-state index in [1.54, 1.807) is 30.3 Å². The number of carbonyl (C=O) groups excluding carboxylic acids is 2. The molecule has 0 saturated carbocycles. The van der Waals surface area contributed by atoms with Crippen LogP contribution >= 0.6 is 11.6 Å². The molecule has 40 heavy (non-hydrogen) atoms. The number of nitrogens with one attached hydrogen (secondary N) is 2. The molecule has 0 bridgehead atoms. The Balaban J connectivity index is 1.91. The van der Waals surface area contributed by atoms with Gasteiger partial charge in [-0.25, -0.2) is 14.4 Å². The van der Waals surface area contributed by atoms with Crippen LogP contribution < -0.4 is 20.7 Å². The third kappa shape index (κ3) is 6.09. The third-order valence-corrected chi connectivity index (χ3v) is 5.72. The fourth-order valence-electron chi connectivity index (χ4n) is 3.67. The van der Waals surface area contributed by atoms with Gasteiger partial charge in [-0.3, -0.25) is 10.1 Å². The number of anilines is 4. The van der Waals surface area contributed by atoms with Gasteiger partial charge in [0, 0.05) is 22.5 Å². The fourth-order valence-corrected chi connectivity index (χ4v) is 3.79. The number of non-ortho nitro benzene ring substituents is 1. The topological polar surface area (TPSA) is 165 Å². The maximum absolute atomic E-state index is 13.8. The number of phenolic OH excluding ortho intramolecular Hbond substituents is 1. The minimum absolute atomic E-state index is 0.248. The second-order valence-electron chi connectivity index (χ2n) is 8.11. The van der Waals surface area contributed by atoms with Crippen LogP contribution in [0.3, 0.4) is 0 Å². The van der Waals surface area contributed by atoms with Gasteiger partial charge in [-0.05, 0) is 54.6 Å². The first-order valence-corrected chi connectivity index (χ1v) is 11.9. The van der Waals surface area contributed by atoms with E-state index in [-0.39, 0.29) is 22.6 Å². The summed E-state index contributed by atoms with van der Waals surface area (Å²) in [6.45, 7) is 0. The van der Waals surface area contributed by atoms with E-state index in [9.17, 15) is 34.7 Å². The van der Waals surface area contributed by atoms with Crippen molar-refractivity contribution < 1.29 is 29.5 Å². The van der Waals surface area contributed by atoms with Crippen molar-refractivity contribution in [2.24, 2.45) is 0 Å². The van der Waals surface area contributed by atoms with E-state index in [1.165, 1.54) is 48.5 Å². The number of nitrogens with zero attached hydrogens (tertiary/aromatic N) is 3. The zero-order valence-corrected chi connectivity index (χ0v) is 21.1. The van der Waals surface area contributed by atoms with Gasteiger partial charge in [-0.1, -0.05) is 41.9 Å². The van der Waals surface area contributed by atoms with Gasteiger partial charge >= 0.3 is 18.0 Å². The summed E-state index contributed by atoms with van der Waals surface area (Å²) in [6, 6.07) is 20.4. The minimum Gasteiger partial charge on any atom is -0.505 e. The summed E-state index contributed by atoms with van der Waals surface area (Å²) >= 11 is 5.94. The first-order valence-electron chi connectivity index (χ1n) is 11.5. The predicted octanol–water partition coefficient (Wildman–Crippen LogP) is 6.34. The Bertz CT molecular complexity index is 1580. The number of nitro groups is 1. The van der Waals surface area contributed by atoms with Crippen LogP contribution in [0.4, 0.5) is 38.0 Å². The lowest BCUT2D eigenvalue weighted by atomic mass is 10.1. The maximum Gasteiger partial charge on any atom is 0.346 e. The van der Waals surface area contributed by atoms with E-state index in [1.807, 2.05) is 0 Å². The van der Waals surface area contributed by atoms with E-state index in [4.69, 9.17) is 11.6 Å². The number of nitro benzene ring substituents is 1. The van der Waals surface area contributed by atoms with E-state index in [2.05, 4.69) is 10.6 Å². The zero-order valence-electron chi connectivity index (χ0n) is 20.4. The number of rotatable bonds is 6. The normalized spacial score (nSPS) is 10.3. The Morgan fingerprint density at radius 2 is 1.30 bits per heavy atom. The number of benzene rings is 4. The van der Waals surface area contributed by atoms with Gasteiger partial charge in [0.15, 0.2) is 0 Å². The lowest BCUT2D eigenvalue weighted by Gasteiger charge is -2.35. The highest BCUT2D eigenvalue weighted by Crippen LogP contribution is 2.36. The summed E-state index contributed by atoms with van der Waals surface area (Å²) in [7, 11) is 0. The summed E-state index contributed by atoms with van der Waals surface area (Å²) in [4.78, 5) is 50.2. The van der Waals surface area contributed by atoms with Crippen molar-refractivity contribution in [3.05, 3.63) is 118 Å². The van der Waals surface area contributed by atoms with Crippen molar-refractivity contribution in [1.82, 2.24) is 0 Å². The molecule has 0 saturated heterocycles. The molecule has 0 aromatic heterocycles. The highest BCUT2D eigenvalue weighted by atomic mass is 35.5. The van der Waals surface area contributed by atoms with E-state index in [0.29, 0.717) is 20.7 Å². The molecule has 0 aliphatic rings. The number of carbonyl (C=O) groups is 3. The lowest BCUT2D eigenvalue weighted by molar-refractivity contribution is -0.384. The van der Waals surface area contributed by atoms with Crippen LogP contribution in [-0.4, -0.2) is 33.2 Å². The van der Waals surface area contributed by atoms with Crippen molar-refractivity contribution >= 4 is 58.1 Å². The largest absolute Gasteiger partial charge is 0.505 e. The number of aromatic hydroxyl groups is 1. The van der Waals surface area contributed by atoms with Crippen molar-refractivity contribution in [3.8, 4) is 5.75 Å². The van der Waals surface area contributed by atoms with Gasteiger partial charge in [-0.15, -0.1) is 0 Å². The second kappa shape index (κ2) is 11.8. The number of aromatic carboxylic acids is 1. The van der Waals surface area contributed by atoms with Crippen molar-refractivity contribution in [3.63, 3.8) is 0 Å². The number of hydrogen-bond donors (Lipinski definition) is 4. The summed E-state index contributed by atoms with van der Waals surface area (Å²) in [5.74, 6) is -2.13. The average Bonchev–Trinajstić information content (AvgIpc) is 2.93. The van der Waals surface area contributed by atoms with Gasteiger partial charge in [-0.2, -0.15) is 10.0 Å². The Hall–Kier alpha value is -5.62. The Morgan fingerprint density at radius 3 is 1.88 bits per heavy atom. The Labute approximate surface area is 231 Å². The number of halogens is 1. The van der Waals surface area contributed by atoms with Crippen LogP contribution in [0.2, 0.25) is 5.02 Å². The molecule has 4 N–H and O–H groups in total. The zero-order chi connectivity index (χ0) is 28.8. The van der Waals surface area contributed by atoms with Gasteiger partial charge in [0.05, 0.1) is 22.2 Å². The minimum atomic E-state index is -1.41. The smallest absolute Gasteiger partial charge is 0.346 e. The first-order chi connectivity index (χ1) is 19.2. The highest BCUT2D eigenvalue weighted by Gasteiger charge is 2.34. The summed E-state index contributed by atoms with van der Waals surface area (Å²) in [5, 5.41) is 38.9. The molecule has 13 heteroatoms. The molecule has 0 aliphatic heterocycles. The van der Waals surface area contributed by atoms with Crippen molar-refractivity contribution in [2.75, 3.05) is 20.7 Å². The summed E-state index contributed by atoms with van der Waals surface area (Å²) in [5.41, 5.74) is -0.875. The van der Waals surface area contributed by atoms with Gasteiger partial charge in [0.1, 0.15) is 11.4 Å². The molecule has 0 spiro atoms. The molecular weight excluding hydrogens is 542 g/mol. The second-order valence-corrected chi connectivity index (χ2v) is 8.55. The Kier molecular flexibility index (Phi) is 8.11. The highest BCUT2D eigenvalue weighted by molar-refractivity contribution is 6.30. The van der Waals surface area contributed by atoms with Crippen molar-refractivity contribution in [1.29, 1.82) is 0 Å². The predicted molar refractivity (Wildman–Crippen MR) is 149 cm³/mol. The third-order valence-electron chi connectivity index (χ3n) is 5.47. The molecule has 202 valence electrons. The van der Waals surface area contributed by atoms with Crippen LogP contribution in [0.1, 0.15) is 10.4 Å². The van der Waals surface area contributed by atoms with Crippen LogP contribution in [0.25, 0.3) is 0 Å².